The van der Waals surface area contributed by atoms with Crippen LogP contribution in [-0.2, 0) is 10.2 Å². The van der Waals surface area contributed by atoms with Crippen molar-refractivity contribution in [1.82, 2.24) is 4.98 Å². The molecule has 2 aromatic rings. The van der Waals surface area contributed by atoms with Crippen LogP contribution in [0.2, 0.25) is 0 Å². The van der Waals surface area contributed by atoms with Gasteiger partial charge in [-0.25, -0.2) is 4.85 Å². The summed E-state index contributed by atoms with van der Waals surface area (Å²) in [5.74, 6) is 0.926. The van der Waals surface area contributed by atoms with E-state index >= 15 is 0 Å². The van der Waals surface area contributed by atoms with Crippen LogP contribution in [0.4, 0.5) is 5.69 Å². The van der Waals surface area contributed by atoms with E-state index in [1.165, 1.54) is 19.3 Å². The summed E-state index contributed by atoms with van der Waals surface area (Å²) in [6.07, 6.45) is 7.69. The lowest BCUT2D eigenvalue weighted by molar-refractivity contribution is -0.125. The highest BCUT2D eigenvalue weighted by atomic mass is 16.1. The van der Waals surface area contributed by atoms with Crippen molar-refractivity contribution < 1.29 is 4.79 Å². The summed E-state index contributed by atoms with van der Waals surface area (Å²) in [6, 6.07) is 9.91. The number of pyridine rings is 1. The molecule has 0 atom stereocenters. The van der Waals surface area contributed by atoms with Gasteiger partial charge in [0, 0.05) is 24.2 Å². The first kappa shape index (κ1) is 16.4. The van der Waals surface area contributed by atoms with Gasteiger partial charge in [0.2, 0.25) is 5.69 Å². The number of aromatic nitrogens is 1. The number of Topliss-reactive ketones (excluding diaryl/α,β-unsaturated/α-hetero) is 1. The molecule has 1 aromatic heterocycles. The van der Waals surface area contributed by atoms with E-state index < -0.39 is 5.41 Å². The Morgan fingerprint density at radius 1 is 1.21 bits per heavy atom. The quantitative estimate of drug-likeness (QED) is 0.698. The van der Waals surface area contributed by atoms with Crippen molar-refractivity contribution in [3.8, 4) is 11.1 Å². The van der Waals surface area contributed by atoms with Gasteiger partial charge in [-0.05, 0) is 42.5 Å². The first-order valence-electron chi connectivity index (χ1n) is 8.47. The van der Waals surface area contributed by atoms with Gasteiger partial charge in [0.05, 0.1) is 6.57 Å². The zero-order valence-electron chi connectivity index (χ0n) is 14.2. The molecule has 0 saturated heterocycles. The Morgan fingerprint density at radius 3 is 2.50 bits per heavy atom. The second kappa shape index (κ2) is 6.57. The predicted molar refractivity (Wildman–Crippen MR) is 95.9 cm³/mol. The van der Waals surface area contributed by atoms with E-state index in [1.807, 2.05) is 44.2 Å². The highest BCUT2D eigenvalue weighted by Crippen LogP contribution is 2.35. The topological polar surface area (TPSA) is 34.3 Å². The van der Waals surface area contributed by atoms with Crippen molar-refractivity contribution in [2.45, 2.75) is 44.9 Å². The highest BCUT2D eigenvalue weighted by molar-refractivity contribution is 5.89. The number of hydrogen-bond donors (Lipinski definition) is 0. The zero-order valence-corrected chi connectivity index (χ0v) is 14.2. The second-order valence-corrected chi connectivity index (χ2v) is 7.17. The fourth-order valence-corrected chi connectivity index (χ4v) is 3.10. The lowest BCUT2D eigenvalue weighted by Crippen LogP contribution is -2.32. The minimum Gasteiger partial charge on any atom is -0.299 e. The maximum absolute atomic E-state index is 12.7. The SMILES string of the molecule is [C-]#[N+]c1cncc(-c2ccc(C(C)(C)C(=O)CC3CCC3)cc2)c1. The maximum Gasteiger partial charge on any atom is 0.205 e. The molecular formula is C21H22N2O. The van der Waals surface area contributed by atoms with Crippen LogP contribution in [0.3, 0.4) is 0 Å². The van der Waals surface area contributed by atoms with Gasteiger partial charge >= 0.3 is 0 Å². The average molecular weight is 318 g/mol. The van der Waals surface area contributed by atoms with E-state index in [1.54, 1.807) is 12.4 Å². The van der Waals surface area contributed by atoms with Crippen molar-refractivity contribution in [2.75, 3.05) is 0 Å². The molecule has 0 radical (unpaired) electrons. The molecule has 3 nitrogen and oxygen atoms in total. The molecule has 0 unspecified atom stereocenters. The molecule has 1 aliphatic rings. The third-order valence-corrected chi connectivity index (χ3v) is 5.19. The van der Waals surface area contributed by atoms with E-state index in [2.05, 4.69) is 9.83 Å². The van der Waals surface area contributed by atoms with Gasteiger partial charge in [0.25, 0.3) is 0 Å². The second-order valence-electron chi connectivity index (χ2n) is 7.17. The molecular weight excluding hydrogens is 296 g/mol. The monoisotopic (exact) mass is 318 g/mol. The first-order chi connectivity index (χ1) is 11.5. The Labute approximate surface area is 143 Å². The molecule has 1 heterocycles. The minimum absolute atomic E-state index is 0.330. The standard InChI is InChI=1S/C21H22N2O/c1-21(2,20(24)11-15-5-4-6-15)18-9-7-16(8-10-18)17-12-19(22-3)14-23-13-17/h7-10,12-15H,4-6,11H2,1-2H3. The van der Waals surface area contributed by atoms with Gasteiger partial charge in [-0.15, -0.1) is 0 Å². The third kappa shape index (κ3) is 3.23. The summed E-state index contributed by atoms with van der Waals surface area (Å²) in [7, 11) is 0. The molecule has 0 bridgehead atoms. The molecule has 0 N–H and O–H groups in total. The molecule has 24 heavy (non-hydrogen) atoms. The van der Waals surface area contributed by atoms with Crippen LogP contribution in [0.15, 0.2) is 42.7 Å². The van der Waals surface area contributed by atoms with E-state index in [-0.39, 0.29) is 0 Å². The summed E-state index contributed by atoms with van der Waals surface area (Å²) in [4.78, 5) is 20.2. The van der Waals surface area contributed by atoms with Crippen LogP contribution in [0.1, 0.15) is 45.1 Å². The van der Waals surface area contributed by atoms with Gasteiger partial charge in [0.1, 0.15) is 5.78 Å². The van der Waals surface area contributed by atoms with Gasteiger partial charge in [0.15, 0.2) is 0 Å². The molecule has 0 aliphatic heterocycles. The number of ketones is 1. The van der Waals surface area contributed by atoms with E-state index in [9.17, 15) is 4.79 Å². The molecule has 1 aromatic carbocycles. The summed E-state index contributed by atoms with van der Waals surface area (Å²) in [5.41, 5.74) is 3.06. The van der Waals surface area contributed by atoms with E-state index in [0.29, 0.717) is 23.8 Å². The predicted octanol–water partition coefficient (Wildman–Crippen LogP) is 5.34. The number of benzene rings is 1. The molecule has 1 saturated carbocycles. The molecule has 1 aliphatic carbocycles. The van der Waals surface area contributed by atoms with Crippen LogP contribution in [0.25, 0.3) is 16.0 Å². The Bertz CT molecular complexity index is 780. The van der Waals surface area contributed by atoms with Crippen LogP contribution in [-0.4, -0.2) is 10.8 Å². The minimum atomic E-state index is -0.454. The Kier molecular flexibility index (Phi) is 4.49. The largest absolute Gasteiger partial charge is 0.299 e. The average Bonchev–Trinajstić information content (AvgIpc) is 2.58. The number of nitrogens with zero attached hydrogens (tertiary/aromatic N) is 2. The number of carbonyl (C=O) groups is 1. The van der Waals surface area contributed by atoms with Gasteiger partial charge in [-0.1, -0.05) is 43.5 Å². The first-order valence-corrected chi connectivity index (χ1v) is 8.47. The summed E-state index contributed by atoms with van der Waals surface area (Å²) in [6.45, 7) is 11.1. The van der Waals surface area contributed by atoms with E-state index in [0.717, 1.165) is 16.7 Å². The normalized spacial score (nSPS) is 14.7. The van der Waals surface area contributed by atoms with Crippen molar-refractivity contribution in [2.24, 2.45) is 5.92 Å². The van der Waals surface area contributed by atoms with Crippen LogP contribution >= 0.6 is 0 Å². The maximum atomic E-state index is 12.7. The highest BCUT2D eigenvalue weighted by Gasteiger charge is 2.32. The molecule has 0 amide bonds. The fourth-order valence-electron chi connectivity index (χ4n) is 3.10. The molecule has 0 spiro atoms. The zero-order chi connectivity index (χ0) is 17.2. The fraction of sp³-hybridized carbons (Fsp3) is 0.381. The van der Waals surface area contributed by atoms with Crippen LogP contribution in [0.5, 0.6) is 0 Å². The van der Waals surface area contributed by atoms with Gasteiger partial charge < -0.3 is 0 Å². The van der Waals surface area contributed by atoms with E-state index in [4.69, 9.17) is 6.57 Å². The number of hydrogen-bond acceptors (Lipinski definition) is 2. The van der Waals surface area contributed by atoms with Crippen molar-refractivity contribution in [1.29, 1.82) is 0 Å². The Balaban J connectivity index is 1.80. The molecule has 1 fully saturated rings. The third-order valence-electron chi connectivity index (χ3n) is 5.19. The van der Waals surface area contributed by atoms with Gasteiger partial charge in [-0.2, -0.15) is 0 Å². The van der Waals surface area contributed by atoms with Crippen LogP contribution < -0.4 is 0 Å². The van der Waals surface area contributed by atoms with Crippen molar-refractivity contribution in [3.63, 3.8) is 0 Å². The Morgan fingerprint density at radius 2 is 1.92 bits per heavy atom. The lowest BCUT2D eigenvalue weighted by atomic mass is 9.73. The molecule has 3 rings (SSSR count). The van der Waals surface area contributed by atoms with Crippen molar-refractivity contribution >= 4 is 11.5 Å². The summed E-state index contributed by atoms with van der Waals surface area (Å²) < 4.78 is 0. The molecule has 122 valence electrons. The smallest absolute Gasteiger partial charge is 0.205 e. The summed E-state index contributed by atoms with van der Waals surface area (Å²) >= 11 is 0. The van der Waals surface area contributed by atoms with Crippen LogP contribution in [0, 0.1) is 12.5 Å². The van der Waals surface area contributed by atoms with Gasteiger partial charge in [-0.3, -0.25) is 9.78 Å². The lowest BCUT2D eigenvalue weighted by Gasteiger charge is -2.30. The molecule has 3 heteroatoms. The number of carbonyl (C=O) groups excluding carboxylic acids is 1. The Hall–Kier alpha value is -2.47. The van der Waals surface area contributed by atoms with Crippen molar-refractivity contribution in [3.05, 3.63) is 59.7 Å². The summed E-state index contributed by atoms with van der Waals surface area (Å²) in [5, 5.41) is 0. The number of rotatable bonds is 5.